The summed E-state index contributed by atoms with van der Waals surface area (Å²) in [5.74, 6) is 0.450. The van der Waals surface area contributed by atoms with Crippen molar-refractivity contribution in [2.75, 3.05) is 18.5 Å². The number of hydrogen-bond donors (Lipinski definition) is 2. The van der Waals surface area contributed by atoms with Gasteiger partial charge in [-0.05, 0) is 37.3 Å². The molecule has 2 aromatic carbocycles. The third-order valence-electron chi connectivity index (χ3n) is 3.25. The van der Waals surface area contributed by atoms with Crippen LogP contribution in [0, 0.1) is 5.82 Å². The van der Waals surface area contributed by atoms with Crippen LogP contribution in [0.3, 0.4) is 0 Å². The van der Waals surface area contributed by atoms with E-state index in [1.54, 1.807) is 30.3 Å². The molecule has 0 aromatic heterocycles. The third kappa shape index (κ3) is 5.71. The Kier molecular flexibility index (Phi) is 6.56. The summed E-state index contributed by atoms with van der Waals surface area (Å²) in [5.41, 5.74) is 1.33. The highest BCUT2D eigenvalue weighted by molar-refractivity contribution is 5.90. The minimum Gasteiger partial charge on any atom is -0.494 e. The summed E-state index contributed by atoms with van der Waals surface area (Å²) < 4.78 is 18.8. The second kappa shape index (κ2) is 8.90. The van der Waals surface area contributed by atoms with Crippen LogP contribution in [0.25, 0.3) is 0 Å². The summed E-state index contributed by atoms with van der Waals surface area (Å²) in [6.45, 7) is 3.42. The Morgan fingerprint density at radius 3 is 2.57 bits per heavy atom. The number of ether oxygens (including phenoxy) is 1. The number of halogens is 1. The van der Waals surface area contributed by atoms with Gasteiger partial charge in [-0.3, -0.25) is 4.79 Å². The summed E-state index contributed by atoms with van der Waals surface area (Å²) in [7, 11) is 0. The van der Waals surface area contributed by atoms with Gasteiger partial charge in [0.05, 0.1) is 6.61 Å². The van der Waals surface area contributed by atoms with Crippen LogP contribution >= 0.6 is 0 Å². The van der Waals surface area contributed by atoms with Crippen molar-refractivity contribution >= 4 is 11.6 Å². The molecule has 1 amide bonds. The molecule has 0 fully saturated rings. The lowest BCUT2D eigenvalue weighted by atomic mass is 10.2. The van der Waals surface area contributed by atoms with E-state index in [1.807, 2.05) is 19.1 Å². The maximum atomic E-state index is 13.4. The van der Waals surface area contributed by atoms with Crippen molar-refractivity contribution in [1.29, 1.82) is 0 Å². The quantitative estimate of drug-likeness (QED) is 0.734. The van der Waals surface area contributed by atoms with E-state index >= 15 is 0 Å². The largest absolute Gasteiger partial charge is 0.494 e. The van der Waals surface area contributed by atoms with Crippen LogP contribution < -0.4 is 15.4 Å². The van der Waals surface area contributed by atoms with Crippen LogP contribution in [-0.2, 0) is 11.3 Å². The number of anilines is 1. The van der Waals surface area contributed by atoms with Gasteiger partial charge >= 0.3 is 0 Å². The molecule has 2 N–H and O–H groups in total. The van der Waals surface area contributed by atoms with E-state index in [1.165, 1.54) is 6.07 Å². The Hall–Kier alpha value is -2.40. The Morgan fingerprint density at radius 2 is 1.87 bits per heavy atom. The number of carbonyl (C=O) groups is 1. The molecule has 0 saturated heterocycles. The number of benzene rings is 2. The maximum absolute atomic E-state index is 13.4. The van der Waals surface area contributed by atoms with E-state index in [0.717, 1.165) is 11.4 Å². The molecule has 0 spiro atoms. The maximum Gasteiger partial charge on any atom is 0.225 e. The first-order chi connectivity index (χ1) is 11.2. The standard InChI is InChI=1S/C18H21FN2O2/c1-2-23-16-9-7-15(8-10-16)21-18(22)11-12-20-13-14-5-3-4-6-17(14)19/h3-10,20H,2,11-13H2,1H3,(H,21,22). The van der Waals surface area contributed by atoms with Crippen LogP contribution in [-0.4, -0.2) is 19.1 Å². The average Bonchev–Trinajstić information content (AvgIpc) is 2.55. The number of rotatable bonds is 8. The van der Waals surface area contributed by atoms with Crippen molar-refractivity contribution in [3.8, 4) is 5.75 Å². The molecule has 2 aromatic rings. The monoisotopic (exact) mass is 316 g/mol. The van der Waals surface area contributed by atoms with Crippen molar-refractivity contribution in [2.24, 2.45) is 0 Å². The molecule has 0 aliphatic carbocycles. The van der Waals surface area contributed by atoms with Gasteiger partial charge in [0, 0.05) is 30.8 Å². The van der Waals surface area contributed by atoms with Crippen LogP contribution in [0.1, 0.15) is 18.9 Å². The average molecular weight is 316 g/mol. The Balaban J connectivity index is 1.70. The number of amides is 1. The molecule has 0 heterocycles. The Labute approximate surface area is 135 Å². The molecular weight excluding hydrogens is 295 g/mol. The van der Waals surface area contributed by atoms with Crippen molar-refractivity contribution < 1.29 is 13.9 Å². The van der Waals surface area contributed by atoms with Gasteiger partial charge < -0.3 is 15.4 Å². The van der Waals surface area contributed by atoms with Gasteiger partial charge in [-0.25, -0.2) is 4.39 Å². The molecule has 0 atom stereocenters. The van der Waals surface area contributed by atoms with Crippen molar-refractivity contribution in [3.63, 3.8) is 0 Å². The summed E-state index contributed by atoms with van der Waals surface area (Å²) >= 11 is 0. The summed E-state index contributed by atoms with van der Waals surface area (Å²) in [6, 6.07) is 13.8. The van der Waals surface area contributed by atoms with Gasteiger partial charge in [-0.2, -0.15) is 0 Å². The predicted molar refractivity (Wildman–Crippen MR) is 89.0 cm³/mol. The van der Waals surface area contributed by atoms with Crippen molar-refractivity contribution in [1.82, 2.24) is 5.32 Å². The van der Waals surface area contributed by atoms with Crippen LogP contribution in [0.5, 0.6) is 5.75 Å². The Bertz CT molecular complexity index is 629. The minimum absolute atomic E-state index is 0.0878. The molecule has 4 nitrogen and oxygen atoms in total. The molecular formula is C18H21FN2O2. The van der Waals surface area contributed by atoms with E-state index in [-0.39, 0.29) is 11.7 Å². The molecule has 23 heavy (non-hydrogen) atoms. The van der Waals surface area contributed by atoms with E-state index < -0.39 is 0 Å². The van der Waals surface area contributed by atoms with E-state index in [2.05, 4.69) is 10.6 Å². The first kappa shape index (κ1) is 17.0. The molecule has 0 aliphatic heterocycles. The summed E-state index contributed by atoms with van der Waals surface area (Å²) in [5, 5.41) is 5.88. The molecule has 0 radical (unpaired) electrons. The Morgan fingerprint density at radius 1 is 1.13 bits per heavy atom. The lowest BCUT2D eigenvalue weighted by Crippen LogP contribution is -2.21. The molecule has 0 saturated carbocycles. The van der Waals surface area contributed by atoms with Crippen LogP contribution in [0.15, 0.2) is 48.5 Å². The predicted octanol–water partition coefficient (Wildman–Crippen LogP) is 3.34. The smallest absolute Gasteiger partial charge is 0.225 e. The zero-order valence-electron chi connectivity index (χ0n) is 13.1. The molecule has 0 unspecified atom stereocenters. The molecule has 2 rings (SSSR count). The zero-order valence-corrected chi connectivity index (χ0v) is 13.1. The molecule has 5 heteroatoms. The highest BCUT2D eigenvalue weighted by Crippen LogP contribution is 2.15. The fourth-order valence-corrected chi connectivity index (χ4v) is 2.09. The first-order valence-corrected chi connectivity index (χ1v) is 7.66. The second-order valence-electron chi connectivity index (χ2n) is 5.02. The van der Waals surface area contributed by atoms with E-state index in [9.17, 15) is 9.18 Å². The zero-order chi connectivity index (χ0) is 16.5. The fourth-order valence-electron chi connectivity index (χ4n) is 2.09. The summed E-state index contributed by atoms with van der Waals surface area (Å²) in [6.07, 6.45) is 0.321. The van der Waals surface area contributed by atoms with Gasteiger partial charge in [0.15, 0.2) is 0 Å². The molecule has 0 aliphatic rings. The fraction of sp³-hybridized carbons (Fsp3) is 0.278. The highest BCUT2D eigenvalue weighted by Gasteiger charge is 2.04. The summed E-state index contributed by atoms with van der Waals surface area (Å²) in [4.78, 5) is 11.8. The minimum atomic E-state index is -0.237. The van der Waals surface area contributed by atoms with Crippen LogP contribution in [0.2, 0.25) is 0 Å². The van der Waals surface area contributed by atoms with Gasteiger partial charge in [0.1, 0.15) is 11.6 Å². The second-order valence-corrected chi connectivity index (χ2v) is 5.02. The number of nitrogens with one attached hydrogen (secondary N) is 2. The highest BCUT2D eigenvalue weighted by atomic mass is 19.1. The lowest BCUT2D eigenvalue weighted by Gasteiger charge is -2.08. The number of hydrogen-bond acceptors (Lipinski definition) is 3. The van der Waals surface area contributed by atoms with Gasteiger partial charge in [0.25, 0.3) is 0 Å². The normalized spacial score (nSPS) is 10.3. The van der Waals surface area contributed by atoms with Crippen LogP contribution in [0.4, 0.5) is 10.1 Å². The molecule has 0 bridgehead atoms. The SMILES string of the molecule is CCOc1ccc(NC(=O)CCNCc2ccccc2F)cc1. The number of carbonyl (C=O) groups excluding carboxylic acids is 1. The third-order valence-corrected chi connectivity index (χ3v) is 3.25. The van der Waals surface area contributed by atoms with Gasteiger partial charge in [-0.1, -0.05) is 18.2 Å². The van der Waals surface area contributed by atoms with E-state index in [0.29, 0.717) is 31.7 Å². The van der Waals surface area contributed by atoms with E-state index in [4.69, 9.17) is 4.74 Å². The van der Waals surface area contributed by atoms with Gasteiger partial charge in [-0.15, -0.1) is 0 Å². The first-order valence-electron chi connectivity index (χ1n) is 7.66. The van der Waals surface area contributed by atoms with Crippen molar-refractivity contribution in [3.05, 3.63) is 59.9 Å². The van der Waals surface area contributed by atoms with Gasteiger partial charge in [0.2, 0.25) is 5.91 Å². The molecule has 122 valence electrons. The topological polar surface area (TPSA) is 50.4 Å². The lowest BCUT2D eigenvalue weighted by molar-refractivity contribution is -0.116. The van der Waals surface area contributed by atoms with Crippen molar-refractivity contribution in [2.45, 2.75) is 19.9 Å².